The summed E-state index contributed by atoms with van der Waals surface area (Å²) in [5.74, 6) is -0.543. The summed E-state index contributed by atoms with van der Waals surface area (Å²) >= 11 is 5.99. The molecule has 0 aliphatic carbocycles. The lowest BCUT2D eigenvalue weighted by Gasteiger charge is -2.12. The van der Waals surface area contributed by atoms with Gasteiger partial charge < -0.3 is 5.32 Å². The van der Waals surface area contributed by atoms with Crippen molar-refractivity contribution in [2.75, 3.05) is 5.32 Å². The number of nitrogens with one attached hydrogen (secondary N) is 1. The molecule has 126 valence electrons. The number of amides is 1. The Hall–Kier alpha value is -2.92. The Morgan fingerprint density at radius 1 is 1.08 bits per heavy atom. The van der Waals surface area contributed by atoms with Crippen LogP contribution in [0.25, 0.3) is 5.69 Å². The van der Waals surface area contributed by atoms with Crippen LogP contribution in [0.4, 0.5) is 5.69 Å². The Morgan fingerprint density at radius 2 is 1.76 bits per heavy atom. The fourth-order valence-corrected chi connectivity index (χ4v) is 2.70. The number of rotatable bonds is 3. The lowest BCUT2D eigenvalue weighted by Crippen LogP contribution is -2.26. The van der Waals surface area contributed by atoms with E-state index in [9.17, 15) is 9.59 Å². The molecule has 3 aromatic rings. The minimum atomic E-state index is -0.543. The number of hydrogen-bond acceptors (Lipinski definition) is 3. The Balaban J connectivity index is 1.98. The van der Waals surface area contributed by atoms with Gasteiger partial charge in [-0.15, -0.1) is 0 Å². The predicted octanol–water partition coefficient (Wildman–Crippen LogP) is 3.76. The summed E-state index contributed by atoms with van der Waals surface area (Å²) < 4.78 is 1.45. The van der Waals surface area contributed by atoms with Crippen LogP contribution in [0.3, 0.4) is 0 Å². The number of aryl methyl sites for hydroxylation is 2. The maximum absolute atomic E-state index is 12.6. The molecule has 0 unspecified atom stereocenters. The Labute approximate surface area is 149 Å². The SMILES string of the molecule is Cc1cccc(C)c1NC(=O)c1nn(-c2cccc(Cl)c2)ccc1=O. The molecule has 0 aliphatic rings. The van der Waals surface area contributed by atoms with Crippen molar-refractivity contribution in [2.24, 2.45) is 0 Å². The largest absolute Gasteiger partial charge is 0.320 e. The van der Waals surface area contributed by atoms with Crippen LogP contribution in [-0.2, 0) is 0 Å². The lowest BCUT2D eigenvalue weighted by molar-refractivity contribution is 0.101. The van der Waals surface area contributed by atoms with Crippen molar-refractivity contribution in [3.8, 4) is 5.69 Å². The summed E-state index contributed by atoms with van der Waals surface area (Å²) in [4.78, 5) is 24.7. The van der Waals surface area contributed by atoms with Gasteiger partial charge in [0.05, 0.1) is 5.69 Å². The Bertz CT molecular complexity index is 991. The van der Waals surface area contributed by atoms with Crippen molar-refractivity contribution in [1.29, 1.82) is 0 Å². The Kier molecular flexibility index (Phi) is 4.67. The molecule has 5 nitrogen and oxygen atoms in total. The number of aromatic nitrogens is 2. The molecule has 0 spiro atoms. The van der Waals surface area contributed by atoms with Crippen LogP contribution in [0.15, 0.2) is 59.5 Å². The molecule has 0 atom stereocenters. The van der Waals surface area contributed by atoms with Gasteiger partial charge in [0.15, 0.2) is 5.69 Å². The summed E-state index contributed by atoms with van der Waals surface area (Å²) in [6.45, 7) is 3.79. The van der Waals surface area contributed by atoms with E-state index in [0.29, 0.717) is 16.4 Å². The van der Waals surface area contributed by atoms with Gasteiger partial charge in [0.2, 0.25) is 5.43 Å². The molecule has 2 aromatic carbocycles. The Morgan fingerprint density at radius 3 is 2.44 bits per heavy atom. The van der Waals surface area contributed by atoms with E-state index in [4.69, 9.17) is 11.6 Å². The van der Waals surface area contributed by atoms with Crippen molar-refractivity contribution in [1.82, 2.24) is 9.78 Å². The third-order valence-electron chi connectivity index (χ3n) is 3.82. The molecule has 1 heterocycles. The zero-order valence-electron chi connectivity index (χ0n) is 13.8. The van der Waals surface area contributed by atoms with Crippen LogP contribution < -0.4 is 10.7 Å². The van der Waals surface area contributed by atoms with Gasteiger partial charge in [-0.3, -0.25) is 9.59 Å². The minimum Gasteiger partial charge on any atom is -0.320 e. The summed E-state index contributed by atoms with van der Waals surface area (Å²) in [5, 5.41) is 7.50. The van der Waals surface area contributed by atoms with Crippen LogP contribution >= 0.6 is 11.6 Å². The molecule has 0 saturated heterocycles. The number of para-hydroxylation sites is 1. The maximum Gasteiger partial charge on any atom is 0.280 e. The van der Waals surface area contributed by atoms with E-state index < -0.39 is 11.3 Å². The zero-order chi connectivity index (χ0) is 18.0. The van der Waals surface area contributed by atoms with Crippen LogP contribution in [0.2, 0.25) is 5.02 Å². The summed E-state index contributed by atoms with van der Waals surface area (Å²) in [5.41, 5.74) is 2.56. The third-order valence-corrected chi connectivity index (χ3v) is 4.05. The molecule has 1 aromatic heterocycles. The molecule has 0 aliphatic heterocycles. The molecule has 25 heavy (non-hydrogen) atoms. The lowest BCUT2D eigenvalue weighted by atomic mass is 10.1. The maximum atomic E-state index is 12.6. The second-order valence-corrected chi connectivity index (χ2v) is 6.11. The van der Waals surface area contributed by atoms with E-state index in [1.165, 1.54) is 16.9 Å². The number of carbonyl (C=O) groups excluding carboxylic acids is 1. The standard InChI is InChI=1S/C19H16ClN3O2/c1-12-5-3-6-13(2)17(12)21-19(25)18-16(24)9-10-23(22-18)15-8-4-7-14(20)11-15/h3-11H,1-2H3,(H,21,25). The van der Waals surface area contributed by atoms with E-state index in [-0.39, 0.29) is 5.69 Å². The predicted molar refractivity (Wildman–Crippen MR) is 98.7 cm³/mol. The molecular formula is C19H16ClN3O2. The average Bonchev–Trinajstić information content (AvgIpc) is 2.58. The van der Waals surface area contributed by atoms with Crippen molar-refractivity contribution < 1.29 is 4.79 Å². The second-order valence-electron chi connectivity index (χ2n) is 5.67. The number of carbonyl (C=O) groups is 1. The molecule has 0 fully saturated rings. The highest BCUT2D eigenvalue weighted by molar-refractivity contribution is 6.30. The monoisotopic (exact) mass is 353 g/mol. The third kappa shape index (κ3) is 3.61. The smallest absolute Gasteiger partial charge is 0.280 e. The van der Waals surface area contributed by atoms with E-state index in [2.05, 4.69) is 10.4 Å². The fraction of sp³-hybridized carbons (Fsp3) is 0.105. The second kappa shape index (κ2) is 6.91. The number of hydrogen-bond donors (Lipinski definition) is 1. The summed E-state index contributed by atoms with van der Waals surface area (Å²) in [6, 6.07) is 14.0. The first-order valence-corrected chi connectivity index (χ1v) is 8.07. The molecule has 1 N–H and O–H groups in total. The highest BCUT2D eigenvalue weighted by Crippen LogP contribution is 2.20. The van der Waals surface area contributed by atoms with Crippen LogP contribution in [0.5, 0.6) is 0 Å². The van der Waals surface area contributed by atoms with Gasteiger partial charge >= 0.3 is 0 Å². The molecule has 0 radical (unpaired) electrons. The van der Waals surface area contributed by atoms with E-state index in [1.54, 1.807) is 24.3 Å². The van der Waals surface area contributed by atoms with Gasteiger partial charge in [-0.25, -0.2) is 4.68 Å². The molecule has 6 heteroatoms. The number of benzene rings is 2. The molecular weight excluding hydrogens is 338 g/mol. The van der Waals surface area contributed by atoms with Crippen molar-refractivity contribution in [2.45, 2.75) is 13.8 Å². The normalized spacial score (nSPS) is 10.5. The van der Waals surface area contributed by atoms with Gasteiger partial charge in [0, 0.05) is 23.0 Å². The van der Waals surface area contributed by atoms with Gasteiger partial charge in [-0.05, 0) is 43.2 Å². The van der Waals surface area contributed by atoms with Gasteiger partial charge in [0.1, 0.15) is 0 Å². The van der Waals surface area contributed by atoms with Crippen molar-refractivity contribution >= 4 is 23.2 Å². The van der Waals surface area contributed by atoms with Crippen LogP contribution in [-0.4, -0.2) is 15.7 Å². The van der Waals surface area contributed by atoms with Gasteiger partial charge in [-0.1, -0.05) is 35.9 Å². The highest BCUT2D eigenvalue weighted by Gasteiger charge is 2.15. The zero-order valence-corrected chi connectivity index (χ0v) is 14.5. The summed E-state index contributed by atoms with van der Waals surface area (Å²) in [7, 11) is 0. The number of nitrogens with zero attached hydrogens (tertiary/aromatic N) is 2. The topological polar surface area (TPSA) is 64.0 Å². The van der Waals surface area contributed by atoms with Crippen molar-refractivity contribution in [3.05, 3.63) is 86.8 Å². The molecule has 0 saturated carbocycles. The summed E-state index contributed by atoms with van der Waals surface area (Å²) in [6.07, 6.45) is 1.50. The first-order chi connectivity index (χ1) is 12.0. The molecule has 3 rings (SSSR count). The number of halogens is 1. The number of anilines is 1. The quantitative estimate of drug-likeness (QED) is 0.779. The fourth-order valence-electron chi connectivity index (χ4n) is 2.51. The first kappa shape index (κ1) is 16.9. The average molecular weight is 354 g/mol. The van der Waals surface area contributed by atoms with E-state index >= 15 is 0 Å². The molecule has 1 amide bonds. The highest BCUT2D eigenvalue weighted by atomic mass is 35.5. The van der Waals surface area contributed by atoms with Gasteiger partial charge in [0.25, 0.3) is 5.91 Å². The van der Waals surface area contributed by atoms with E-state index in [1.807, 2.05) is 32.0 Å². The van der Waals surface area contributed by atoms with E-state index in [0.717, 1.165) is 11.1 Å². The first-order valence-electron chi connectivity index (χ1n) is 7.69. The van der Waals surface area contributed by atoms with Crippen molar-refractivity contribution in [3.63, 3.8) is 0 Å². The van der Waals surface area contributed by atoms with Crippen LogP contribution in [0.1, 0.15) is 21.6 Å². The molecule has 0 bridgehead atoms. The van der Waals surface area contributed by atoms with Crippen LogP contribution in [0, 0.1) is 13.8 Å². The minimum absolute atomic E-state index is 0.176. The van der Waals surface area contributed by atoms with Gasteiger partial charge in [-0.2, -0.15) is 5.10 Å².